The van der Waals surface area contributed by atoms with Crippen LogP contribution >= 0.6 is 0 Å². The molecule has 124 valence electrons. The van der Waals surface area contributed by atoms with Crippen LogP contribution in [0.4, 0.5) is 0 Å². The second-order valence-electron chi connectivity index (χ2n) is 6.38. The first-order valence-electron chi connectivity index (χ1n) is 8.27. The van der Waals surface area contributed by atoms with Gasteiger partial charge in [0.25, 0.3) is 0 Å². The van der Waals surface area contributed by atoms with Gasteiger partial charge in [0.1, 0.15) is 6.10 Å². The fourth-order valence-corrected chi connectivity index (χ4v) is 3.61. The van der Waals surface area contributed by atoms with Crippen LogP contribution in [0.15, 0.2) is 18.3 Å². The second kappa shape index (κ2) is 6.07. The van der Waals surface area contributed by atoms with Gasteiger partial charge in [0.15, 0.2) is 0 Å². The number of hydrogen-bond donors (Lipinski definition) is 1. The SMILES string of the molecule is Cn1nccc1[C@H](O)c1cc2n(n1)CCN(C1CCOCC1)C2. The number of nitrogens with zero attached hydrogens (tertiary/aromatic N) is 5. The highest BCUT2D eigenvalue weighted by atomic mass is 16.5. The van der Waals surface area contributed by atoms with Gasteiger partial charge in [-0.15, -0.1) is 0 Å². The first-order chi connectivity index (χ1) is 11.2. The van der Waals surface area contributed by atoms with Gasteiger partial charge in [-0.3, -0.25) is 14.3 Å². The van der Waals surface area contributed by atoms with Crippen molar-refractivity contribution in [2.75, 3.05) is 19.8 Å². The average Bonchev–Trinajstić information content (AvgIpc) is 3.20. The minimum Gasteiger partial charge on any atom is -0.381 e. The molecule has 1 saturated heterocycles. The third kappa shape index (κ3) is 2.80. The topological polar surface area (TPSA) is 68.3 Å². The summed E-state index contributed by atoms with van der Waals surface area (Å²) >= 11 is 0. The molecule has 0 amide bonds. The van der Waals surface area contributed by atoms with Crippen molar-refractivity contribution in [1.29, 1.82) is 0 Å². The Morgan fingerprint density at radius 3 is 2.87 bits per heavy atom. The molecule has 7 nitrogen and oxygen atoms in total. The Labute approximate surface area is 135 Å². The second-order valence-corrected chi connectivity index (χ2v) is 6.38. The predicted octanol–water partition coefficient (Wildman–Crippen LogP) is 0.693. The molecule has 1 N–H and O–H groups in total. The van der Waals surface area contributed by atoms with Gasteiger partial charge in [0.2, 0.25) is 0 Å². The van der Waals surface area contributed by atoms with Crippen LogP contribution in [0.5, 0.6) is 0 Å². The number of aryl methyl sites for hydroxylation is 1. The van der Waals surface area contributed by atoms with Crippen LogP contribution < -0.4 is 0 Å². The predicted molar refractivity (Wildman–Crippen MR) is 83.7 cm³/mol. The highest BCUT2D eigenvalue weighted by molar-refractivity contribution is 5.22. The van der Waals surface area contributed by atoms with Gasteiger partial charge in [-0.05, 0) is 25.0 Å². The Balaban J connectivity index is 1.52. The maximum Gasteiger partial charge on any atom is 0.139 e. The Kier molecular flexibility index (Phi) is 3.92. The number of rotatable bonds is 3. The molecule has 23 heavy (non-hydrogen) atoms. The molecule has 2 aliphatic heterocycles. The van der Waals surface area contributed by atoms with Crippen LogP contribution in [0, 0.1) is 0 Å². The lowest BCUT2D eigenvalue weighted by atomic mass is 10.1. The molecule has 1 atom stereocenters. The normalized spacial score (nSPS) is 21.3. The monoisotopic (exact) mass is 317 g/mol. The van der Waals surface area contributed by atoms with E-state index in [1.54, 1.807) is 10.9 Å². The van der Waals surface area contributed by atoms with E-state index in [2.05, 4.69) is 15.1 Å². The molecule has 7 heteroatoms. The number of ether oxygens (including phenoxy) is 1. The average molecular weight is 317 g/mol. The lowest BCUT2D eigenvalue weighted by Crippen LogP contribution is -2.43. The molecule has 4 heterocycles. The molecular weight excluding hydrogens is 294 g/mol. The van der Waals surface area contributed by atoms with E-state index in [1.807, 2.05) is 23.9 Å². The minimum absolute atomic E-state index is 0.609. The van der Waals surface area contributed by atoms with Crippen molar-refractivity contribution in [2.45, 2.75) is 38.1 Å². The molecule has 0 spiro atoms. The Morgan fingerprint density at radius 2 is 2.13 bits per heavy atom. The molecule has 0 aromatic carbocycles. The maximum atomic E-state index is 10.6. The minimum atomic E-state index is -0.725. The Morgan fingerprint density at radius 1 is 1.30 bits per heavy atom. The number of aromatic nitrogens is 4. The van der Waals surface area contributed by atoms with E-state index in [-0.39, 0.29) is 0 Å². The third-order valence-electron chi connectivity index (χ3n) is 4.97. The van der Waals surface area contributed by atoms with Gasteiger partial charge in [0, 0.05) is 45.6 Å². The molecule has 0 saturated carbocycles. The van der Waals surface area contributed by atoms with Crippen molar-refractivity contribution < 1.29 is 9.84 Å². The summed E-state index contributed by atoms with van der Waals surface area (Å²) in [7, 11) is 1.83. The Hall–Kier alpha value is -1.70. The number of aliphatic hydroxyl groups is 1. The largest absolute Gasteiger partial charge is 0.381 e. The van der Waals surface area contributed by atoms with Crippen LogP contribution in [-0.4, -0.2) is 55.4 Å². The van der Waals surface area contributed by atoms with Gasteiger partial charge in [-0.2, -0.15) is 10.2 Å². The molecule has 2 aromatic heterocycles. The molecule has 0 unspecified atom stereocenters. The summed E-state index contributed by atoms with van der Waals surface area (Å²) in [6.45, 7) is 4.52. The number of hydrogen-bond acceptors (Lipinski definition) is 5. The maximum absolute atomic E-state index is 10.6. The number of fused-ring (bicyclic) bond motifs is 1. The molecule has 0 bridgehead atoms. The zero-order chi connectivity index (χ0) is 15.8. The third-order valence-corrected chi connectivity index (χ3v) is 4.97. The summed E-state index contributed by atoms with van der Waals surface area (Å²) in [5.74, 6) is 0. The van der Waals surface area contributed by atoms with Gasteiger partial charge >= 0.3 is 0 Å². The molecule has 0 radical (unpaired) electrons. The molecule has 2 aromatic rings. The van der Waals surface area contributed by atoms with Crippen LogP contribution in [-0.2, 0) is 24.9 Å². The molecule has 2 aliphatic rings. The lowest BCUT2D eigenvalue weighted by molar-refractivity contribution is 0.0232. The van der Waals surface area contributed by atoms with E-state index in [9.17, 15) is 5.11 Å². The highest BCUT2D eigenvalue weighted by Crippen LogP contribution is 2.25. The van der Waals surface area contributed by atoms with Gasteiger partial charge in [-0.25, -0.2) is 0 Å². The quantitative estimate of drug-likeness (QED) is 0.902. The Bertz CT molecular complexity index is 674. The van der Waals surface area contributed by atoms with E-state index < -0.39 is 6.10 Å². The van der Waals surface area contributed by atoms with Crippen LogP contribution in [0.3, 0.4) is 0 Å². The van der Waals surface area contributed by atoms with Crippen molar-refractivity contribution in [1.82, 2.24) is 24.5 Å². The van der Waals surface area contributed by atoms with E-state index in [0.717, 1.165) is 51.4 Å². The summed E-state index contributed by atoms with van der Waals surface area (Å²) in [6, 6.07) is 4.47. The van der Waals surface area contributed by atoms with Gasteiger partial charge in [-0.1, -0.05) is 0 Å². The molecule has 4 rings (SSSR count). The molecule has 0 aliphatic carbocycles. The van der Waals surface area contributed by atoms with Crippen molar-refractivity contribution in [3.8, 4) is 0 Å². The summed E-state index contributed by atoms with van der Waals surface area (Å²) in [5, 5.41) is 19.3. The van der Waals surface area contributed by atoms with Crippen molar-refractivity contribution >= 4 is 0 Å². The zero-order valence-electron chi connectivity index (χ0n) is 13.4. The van der Waals surface area contributed by atoms with E-state index >= 15 is 0 Å². The summed E-state index contributed by atoms with van der Waals surface area (Å²) in [5.41, 5.74) is 2.65. The van der Waals surface area contributed by atoms with Crippen LogP contribution in [0.25, 0.3) is 0 Å². The standard InChI is InChI=1S/C16H23N5O2/c1-19-15(2-5-17-19)16(22)14-10-13-11-20(6-7-21(13)18-14)12-3-8-23-9-4-12/h2,5,10,12,16,22H,3-4,6-9,11H2,1H3/t16-/m1/s1. The first-order valence-corrected chi connectivity index (χ1v) is 8.27. The molecular formula is C16H23N5O2. The van der Waals surface area contributed by atoms with Gasteiger partial charge < -0.3 is 9.84 Å². The van der Waals surface area contributed by atoms with E-state index in [0.29, 0.717) is 11.7 Å². The fourth-order valence-electron chi connectivity index (χ4n) is 3.61. The fraction of sp³-hybridized carbons (Fsp3) is 0.625. The highest BCUT2D eigenvalue weighted by Gasteiger charge is 2.27. The number of aliphatic hydroxyl groups excluding tert-OH is 1. The van der Waals surface area contributed by atoms with Crippen molar-refractivity contribution in [3.05, 3.63) is 35.4 Å². The van der Waals surface area contributed by atoms with Crippen LogP contribution in [0.2, 0.25) is 0 Å². The smallest absolute Gasteiger partial charge is 0.139 e. The summed E-state index contributed by atoms with van der Waals surface area (Å²) in [4.78, 5) is 2.53. The van der Waals surface area contributed by atoms with Gasteiger partial charge in [0.05, 0.1) is 23.6 Å². The van der Waals surface area contributed by atoms with Crippen molar-refractivity contribution in [2.24, 2.45) is 7.05 Å². The summed E-state index contributed by atoms with van der Waals surface area (Å²) < 4.78 is 9.19. The van der Waals surface area contributed by atoms with E-state index in [1.165, 1.54) is 5.69 Å². The van der Waals surface area contributed by atoms with E-state index in [4.69, 9.17) is 4.74 Å². The molecule has 1 fully saturated rings. The lowest BCUT2D eigenvalue weighted by Gasteiger charge is -2.36. The van der Waals surface area contributed by atoms with Crippen LogP contribution in [0.1, 0.15) is 36.0 Å². The first kappa shape index (κ1) is 14.9. The summed E-state index contributed by atoms with van der Waals surface area (Å²) in [6.07, 6.45) is 3.19. The zero-order valence-corrected chi connectivity index (χ0v) is 13.4. The van der Waals surface area contributed by atoms with Crippen molar-refractivity contribution in [3.63, 3.8) is 0 Å².